The van der Waals surface area contributed by atoms with Crippen LogP contribution in [0.5, 0.6) is 5.75 Å². The van der Waals surface area contributed by atoms with E-state index in [1.54, 1.807) is 7.11 Å². The minimum atomic E-state index is 0.605. The zero-order valence-electron chi connectivity index (χ0n) is 10.8. The second-order valence-electron chi connectivity index (χ2n) is 4.52. The van der Waals surface area contributed by atoms with Crippen molar-refractivity contribution in [2.24, 2.45) is 4.99 Å². The Morgan fingerprint density at radius 3 is 2.82 bits per heavy atom. The highest BCUT2D eigenvalue weighted by Gasteiger charge is 2.21. The van der Waals surface area contributed by atoms with Crippen molar-refractivity contribution >= 4 is 11.5 Å². The Labute approximate surface area is 103 Å². The standard InChI is InChI=1S/C14H20N2O/c1-11-7-6-10-16(11)12(2)15-13-8-4-5-9-14(13)17-3/h4-5,8-9,11H,6-7,10H2,1-3H3. The van der Waals surface area contributed by atoms with Gasteiger partial charge in [-0.15, -0.1) is 0 Å². The summed E-state index contributed by atoms with van der Waals surface area (Å²) in [7, 11) is 1.68. The minimum absolute atomic E-state index is 0.605. The zero-order valence-corrected chi connectivity index (χ0v) is 10.8. The van der Waals surface area contributed by atoms with Crippen LogP contribution in [-0.4, -0.2) is 30.4 Å². The van der Waals surface area contributed by atoms with E-state index < -0.39 is 0 Å². The maximum Gasteiger partial charge on any atom is 0.144 e. The monoisotopic (exact) mass is 232 g/mol. The van der Waals surface area contributed by atoms with Gasteiger partial charge in [-0.2, -0.15) is 0 Å². The summed E-state index contributed by atoms with van der Waals surface area (Å²) in [6.45, 7) is 5.45. The third-order valence-corrected chi connectivity index (χ3v) is 3.34. The van der Waals surface area contributed by atoms with Crippen molar-refractivity contribution in [3.8, 4) is 5.75 Å². The average molecular weight is 232 g/mol. The molecule has 1 aliphatic rings. The van der Waals surface area contributed by atoms with E-state index in [-0.39, 0.29) is 0 Å². The lowest BCUT2D eigenvalue weighted by Gasteiger charge is -2.23. The third kappa shape index (κ3) is 2.60. The van der Waals surface area contributed by atoms with Crippen LogP contribution in [0.2, 0.25) is 0 Å². The minimum Gasteiger partial charge on any atom is -0.494 e. The SMILES string of the molecule is COc1ccccc1N=C(C)N1CCCC1C. The van der Waals surface area contributed by atoms with Gasteiger partial charge >= 0.3 is 0 Å². The summed E-state index contributed by atoms with van der Waals surface area (Å²) in [5.41, 5.74) is 0.909. The number of ether oxygens (including phenoxy) is 1. The van der Waals surface area contributed by atoms with Crippen molar-refractivity contribution in [3.05, 3.63) is 24.3 Å². The first kappa shape index (κ1) is 12.0. The van der Waals surface area contributed by atoms with E-state index in [4.69, 9.17) is 4.74 Å². The van der Waals surface area contributed by atoms with Crippen molar-refractivity contribution in [1.29, 1.82) is 0 Å². The second kappa shape index (κ2) is 5.21. The first-order valence-corrected chi connectivity index (χ1v) is 6.17. The molecule has 1 aromatic rings. The molecule has 1 heterocycles. The third-order valence-electron chi connectivity index (χ3n) is 3.34. The van der Waals surface area contributed by atoms with Crippen molar-refractivity contribution < 1.29 is 4.74 Å². The normalized spacial score (nSPS) is 20.8. The van der Waals surface area contributed by atoms with Crippen LogP contribution in [-0.2, 0) is 0 Å². The fourth-order valence-corrected chi connectivity index (χ4v) is 2.37. The summed E-state index contributed by atoms with van der Waals surface area (Å²) < 4.78 is 5.31. The summed E-state index contributed by atoms with van der Waals surface area (Å²) >= 11 is 0. The molecule has 2 rings (SSSR count). The topological polar surface area (TPSA) is 24.8 Å². The number of methoxy groups -OCH3 is 1. The summed E-state index contributed by atoms with van der Waals surface area (Å²) in [6, 6.07) is 8.49. The number of para-hydroxylation sites is 2. The zero-order chi connectivity index (χ0) is 12.3. The Bertz CT molecular complexity index is 414. The van der Waals surface area contributed by atoms with Gasteiger partial charge < -0.3 is 9.64 Å². The molecule has 0 spiro atoms. The van der Waals surface area contributed by atoms with Gasteiger partial charge in [0.25, 0.3) is 0 Å². The highest BCUT2D eigenvalue weighted by Crippen LogP contribution is 2.27. The molecule has 1 atom stereocenters. The second-order valence-corrected chi connectivity index (χ2v) is 4.52. The summed E-state index contributed by atoms with van der Waals surface area (Å²) in [6.07, 6.45) is 2.53. The maximum absolute atomic E-state index is 5.31. The number of benzene rings is 1. The molecule has 0 amide bonds. The molecule has 1 aromatic carbocycles. The molecule has 1 aliphatic heterocycles. The van der Waals surface area contributed by atoms with Gasteiger partial charge in [0.2, 0.25) is 0 Å². The molecule has 0 bridgehead atoms. The van der Waals surface area contributed by atoms with E-state index in [1.807, 2.05) is 24.3 Å². The molecule has 0 N–H and O–H groups in total. The first-order chi connectivity index (χ1) is 8.22. The molecule has 17 heavy (non-hydrogen) atoms. The van der Waals surface area contributed by atoms with Crippen LogP contribution in [0.4, 0.5) is 5.69 Å². The van der Waals surface area contributed by atoms with E-state index in [0.29, 0.717) is 6.04 Å². The molecule has 0 saturated carbocycles. The molecule has 3 heteroatoms. The van der Waals surface area contributed by atoms with Crippen molar-refractivity contribution in [2.45, 2.75) is 32.7 Å². The van der Waals surface area contributed by atoms with Gasteiger partial charge in [0.15, 0.2) is 0 Å². The lowest BCUT2D eigenvalue weighted by molar-refractivity contribution is 0.408. The number of rotatable bonds is 2. The number of hydrogen-bond acceptors (Lipinski definition) is 2. The van der Waals surface area contributed by atoms with Gasteiger partial charge in [-0.25, -0.2) is 4.99 Å². The largest absolute Gasteiger partial charge is 0.494 e. The highest BCUT2D eigenvalue weighted by molar-refractivity contribution is 5.83. The quantitative estimate of drug-likeness (QED) is 0.577. The lowest BCUT2D eigenvalue weighted by Crippen LogP contribution is -2.31. The molecule has 92 valence electrons. The Morgan fingerprint density at radius 1 is 1.41 bits per heavy atom. The number of likely N-dealkylation sites (tertiary alicyclic amines) is 1. The summed E-state index contributed by atoms with van der Waals surface area (Å²) in [4.78, 5) is 7.05. The van der Waals surface area contributed by atoms with Crippen LogP contribution in [0.15, 0.2) is 29.3 Å². The van der Waals surface area contributed by atoms with E-state index in [0.717, 1.165) is 23.8 Å². The van der Waals surface area contributed by atoms with Gasteiger partial charge in [-0.1, -0.05) is 12.1 Å². The Morgan fingerprint density at radius 2 is 2.18 bits per heavy atom. The van der Waals surface area contributed by atoms with Gasteiger partial charge in [-0.3, -0.25) is 0 Å². The first-order valence-electron chi connectivity index (χ1n) is 6.17. The fraction of sp³-hybridized carbons (Fsp3) is 0.500. The van der Waals surface area contributed by atoms with Gasteiger partial charge in [0.05, 0.1) is 7.11 Å². The summed E-state index contributed by atoms with van der Waals surface area (Å²) in [5, 5.41) is 0. The van der Waals surface area contributed by atoms with Crippen LogP contribution < -0.4 is 4.74 Å². The maximum atomic E-state index is 5.31. The molecular formula is C14H20N2O. The molecule has 1 fully saturated rings. The van der Waals surface area contributed by atoms with Crippen molar-refractivity contribution in [2.75, 3.05) is 13.7 Å². The lowest BCUT2D eigenvalue weighted by atomic mass is 10.2. The van der Waals surface area contributed by atoms with Crippen molar-refractivity contribution in [3.63, 3.8) is 0 Å². The number of nitrogens with zero attached hydrogens (tertiary/aromatic N) is 2. The fourth-order valence-electron chi connectivity index (χ4n) is 2.37. The smallest absolute Gasteiger partial charge is 0.144 e. The van der Waals surface area contributed by atoms with E-state index in [9.17, 15) is 0 Å². The number of aliphatic imine (C=N–C) groups is 1. The number of amidine groups is 1. The average Bonchev–Trinajstić information content (AvgIpc) is 2.76. The molecule has 3 nitrogen and oxygen atoms in total. The predicted molar refractivity (Wildman–Crippen MR) is 71.2 cm³/mol. The Kier molecular flexibility index (Phi) is 3.67. The highest BCUT2D eigenvalue weighted by atomic mass is 16.5. The molecule has 0 radical (unpaired) electrons. The van der Waals surface area contributed by atoms with Crippen LogP contribution >= 0.6 is 0 Å². The molecule has 1 unspecified atom stereocenters. The predicted octanol–water partition coefficient (Wildman–Crippen LogP) is 3.23. The van der Waals surface area contributed by atoms with Crippen LogP contribution in [0.25, 0.3) is 0 Å². The van der Waals surface area contributed by atoms with E-state index in [2.05, 4.69) is 23.7 Å². The van der Waals surface area contributed by atoms with Crippen LogP contribution in [0.1, 0.15) is 26.7 Å². The molecule has 1 saturated heterocycles. The van der Waals surface area contributed by atoms with Gasteiger partial charge in [0.1, 0.15) is 17.3 Å². The van der Waals surface area contributed by atoms with Gasteiger partial charge in [-0.05, 0) is 38.8 Å². The van der Waals surface area contributed by atoms with Gasteiger partial charge in [0, 0.05) is 12.6 Å². The molecule has 0 aliphatic carbocycles. The Hall–Kier alpha value is -1.51. The molecular weight excluding hydrogens is 212 g/mol. The van der Waals surface area contributed by atoms with Crippen LogP contribution in [0.3, 0.4) is 0 Å². The van der Waals surface area contributed by atoms with Crippen molar-refractivity contribution in [1.82, 2.24) is 4.90 Å². The molecule has 0 aromatic heterocycles. The van der Waals surface area contributed by atoms with E-state index >= 15 is 0 Å². The summed E-state index contributed by atoms with van der Waals surface area (Å²) in [5.74, 6) is 1.92. The van der Waals surface area contributed by atoms with Crippen LogP contribution in [0, 0.1) is 0 Å². The Balaban J connectivity index is 2.23. The van der Waals surface area contributed by atoms with E-state index in [1.165, 1.54) is 12.8 Å². The number of hydrogen-bond donors (Lipinski definition) is 0.